The average Bonchev–Trinajstić information content (AvgIpc) is 2.47. The third-order valence-electron chi connectivity index (χ3n) is 4.02. The highest BCUT2D eigenvalue weighted by molar-refractivity contribution is 7.89. The van der Waals surface area contributed by atoms with E-state index in [1.165, 1.54) is 4.31 Å². The fourth-order valence-electron chi connectivity index (χ4n) is 2.81. The van der Waals surface area contributed by atoms with Gasteiger partial charge in [-0.2, -0.15) is 4.31 Å². The fraction of sp³-hybridized carbons (Fsp3) is 0.562. The molecule has 6 nitrogen and oxygen atoms in total. The molecule has 0 bridgehead atoms. The molecular weight excluding hydrogens is 314 g/mol. The topological polar surface area (TPSA) is 69.7 Å². The van der Waals surface area contributed by atoms with Gasteiger partial charge in [-0.3, -0.25) is 9.69 Å². The normalized spacial score (nSPS) is 17.2. The Balaban J connectivity index is 2.02. The van der Waals surface area contributed by atoms with Gasteiger partial charge in [-0.1, -0.05) is 17.7 Å². The van der Waals surface area contributed by atoms with Crippen molar-refractivity contribution in [3.8, 4) is 0 Å². The highest BCUT2D eigenvalue weighted by atomic mass is 32.2. The van der Waals surface area contributed by atoms with Crippen molar-refractivity contribution in [2.45, 2.75) is 25.7 Å². The second-order valence-corrected chi connectivity index (χ2v) is 7.81. The number of sulfonamides is 1. The smallest absolute Gasteiger partial charge is 0.243 e. The zero-order chi connectivity index (χ0) is 17.0. The Morgan fingerprint density at radius 3 is 2.39 bits per heavy atom. The van der Waals surface area contributed by atoms with Crippen LogP contribution in [-0.2, 0) is 14.8 Å². The van der Waals surface area contributed by atoms with E-state index >= 15 is 0 Å². The molecule has 0 aromatic heterocycles. The fourth-order valence-corrected chi connectivity index (χ4v) is 4.44. The molecule has 1 amide bonds. The van der Waals surface area contributed by atoms with Crippen LogP contribution in [0.1, 0.15) is 18.1 Å². The van der Waals surface area contributed by atoms with Gasteiger partial charge < -0.3 is 5.32 Å². The van der Waals surface area contributed by atoms with Crippen LogP contribution in [0, 0.1) is 13.8 Å². The molecule has 1 fully saturated rings. The number of amides is 1. The Kier molecular flexibility index (Phi) is 5.78. The van der Waals surface area contributed by atoms with Crippen molar-refractivity contribution >= 4 is 15.9 Å². The van der Waals surface area contributed by atoms with E-state index in [-0.39, 0.29) is 5.91 Å². The van der Waals surface area contributed by atoms with Gasteiger partial charge in [0.2, 0.25) is 15.9 Å². The number of likely N-dealkylation sites (N-methyl/N-ethyl adjacent to an activating group) is 1. The average molecular weight is 339 g/mol. The molecule has 1 aromatic carbocycles. The second-order valence-electron chi connectivity index (χ2n) is 5.90. The Hall–Kier alpha value is -1.44. The summed E-state index contributed by atoms with van der Waals surface area (Å²) in [5.41, 5.74) is 1.82. The highest BCUT2D eigenvalue weighted by Crippen LogP contribution is 2.22. The number of nitrogens with zero attached hydrogens (tertiary/aromatic N) is 2. The minimum Gasteiger partial charge on any atom is -0.355 e. The lowest BCUT2D eigenvalue weighted by atomic mass is 10.2. The number of aryl methyl sites for hydroxylation is 2. The van der Waals surface area contributed by atoms with Crippen molar-refractivity contribution in [1.29, 1.82) is 0 Å². The molecular formula is C16H25N3O3S. The van der Waals surface area contributed by atoms with Crippen molar-refractivity contribution in [1.82, 2.24) is 14.5 Å². The van der Waals surface area contributed by atoms with Crippen LogP contribution >= 0.6 is 0 Å². The highest BCUT2D eigenvalue weighted by Gasteiger charge is 2.29. The lowest BCUT2D eigenvalue weighted by Gasteiger charge is -2.33. The maximum absolute atomic E-state index is 12.8. The van der Waals surface area contributed by atoms with E-state index in [0.717, 1.165) is 11.1 Å². The van der Waals surface area contributed by atoms with E-state index < -0.39 is 10.0 Å². The van der Waals surface area contributed by atoms with Gasteiger partial charge >= 0.3 is 0 Å². The van der Waals surface area contributed by atoms with Crippen molar-refractivity contribution in [2.24, 2.45) is 0 Å². The van der Waals surface area contributed by atoms with Crippen LogP contribution in [0.15, 0.2) is 23.1 Å². The zero-order valence-electron chi connectivity index (χ0n) is 14.0. The Morgan fingerprint density at radius 1 is 1.17 bits per heavy atom. The first-order chi connectivity index (χ1) is 10.8. The predicted molar refractivity (Wildman–Crippen MR) is 89.8 cm³/mol. The van der Waals surface area contributed by atoms with Gasteiger partial charge in [-0.25, -0.2) is 8.42 Å². The second kappa shape index (κ2) is 7.42. The van der Waals surface area contributed by atoms with Crippen molar-refractivity contribution in [3.05, 3.63) is 29.3 Å². The number of benzene rings is 1. The van der Waals surface area contributed by atoms with Gasteiger partial charge in [0.25, 0.3) is 0 Å². The summed E-state index contributed by atoms with van der Waals surface area (Å²) < 4.78 is 27.1. The molecule has 1 N–H and O–H groups in total. The summed E-state index contributed by atoms with van der Waals surface area (Å²) in [4.78, 5) is 14.0. The SMILES string of the molecule is CCNC(=O)CN1CCN(S(=O)(=O)c2ccc(C)cc2C)CC1. The van der Waals surface area contributed by atoms with Crippen LogP contribution in [0.25, 0.3) is 0 Å². The third kappa shape index (κ3) is 4.31. The molecule has 0 radical (unpaired) electrons. The molecule has 7 heteroatoms. The maximum atomic E-state index is 12.8. The van der Waals surface area contributed by atoms with E-state index in [0.29, 0.717) is 44.2 Å². The quantitative estimate of drug-likeness (QED) is 0.859. The first-order valence-electron chi connectivity index (χ1n) is 7.91. The number of carbonyl (C=O) groups is 1. The van der Waals surface area contributed by atoms with Gasteiger partial charge in [-0.05, 0) is 32.4 Å². The van der Waals surface area contributed by atoms with Gasteiger partial charge in [-0.15, -0.1) is 0 Å². The summed E-state index contributed by atoms with van der Waals surface area (Å²) in [6.45, 7) is 8.55. The molecule has 1 saturated heterocycles. The number of nitrogens with one attached hydrogen (secondary N) is 1. The van der Waals surface area contributed by atoms with Crippen LogP contribution in [-0.4, -0.2) is 62.8 Å². The van der Waals surface area contributed by atoms with Crippen LogP contribution < -0.4 is 5.32 Å². The molecule has 2 rings (SSSR count). The molecule has 1 aliphatic heterocycles. The minimum absolute atomic E-state index is 0.0156. The lowest BCUT2D eigenvalue weighted by molar-refractivity contribution is -0.122. The summed E-state index contributed by atoms with van der Waals surface area (Å²) in [7, 11) is -3.47. The van der Waals surface area contributed by atoms with Gasteiger partial charge in [0.1, 0.15) is 0 Å². The van der Waals surface area contributed by atoms with E-state index in [4.69, 9.17) is 0 Å². The summed E-state index contributed by atoms with van der Waals surface area (Å²) in [5.74, 6) is -0.0156. The summed E-state index contributed by atoms with van der Waals surface area (Å²) in [6.07, 6.45) is 0. The molecule has 0 unspecified atom stereocenters. The minimum atomic E-state index is -3.47. The number of carbonyl (C=O) groups excluding carboxylic acids is 1. The number of piperazine rings is 1. The largest absolute Gasteiger partial charge is 0.355 e. The lowest BCUT2D eigenvalue weighted by Crippen LogP contribution is -2.51. The first kappa shape index (κ1) is 17.9. The molecule has 128 valence electrons. The Bertz CT molecular complexity index is 665. The molecule has 0 aliphatic carbocycles. The van der Waals surface area contributed by atoms with Crippen LogP contribution in [0.3, 0.4) is 0 Å². The Morgan fingerprint density at radius 2 is 1.83 bits per heavy atom. The zero-order valence-corrected chi connectivity index (χ0v) is 14.8. The summed E-state index contributed by atoms with van der Waals surface area (Å²) in [6, 6.07) is 5.39. The summed E-state index contributed by atoms with van der Waals surface area (Å²) >= 11 is 0. The van der Waals surface area contributed by atoms with Gasteiger partial charge in [0.15, 0.2) is 0 Å². The molecule has 1 heterocycles. The van der Waals surface area contributed by atoms with E-state index in [9.17, 15) is 13.2 Å². The van der Waals surface area contributed by atoms with E-state index in [1.54, 1.807) is 6.07 Å². The van der Waals surface area contributed by atoms with Crippen molar-refractivity contribution < 1.29 is 13.2 Å². The molecule has 1 aromatic rings. The molecule has 0 spiro atoms. The standard InChI is InChI=1S/C16H25N3O3S/c1-4-17-16(20)12-18-7-9-19(10-8-18)23(21,22)15-6-5-13(2)11-14(15)3/h5-6,11H,4,7-10,12H2,1-3H3,(H,17,20). The number of hydrogen-bond acceptors (Lipinski definition) is 4. The number of rotatable bonds is 5. The molecule has 0 saturated carbocycles. The van der Waals surface area contributed by atoms with Crippen LogP contribution in [0.2, 0.25) is 0 Å². The van der Waals surface area contributed by atoms with E-state index in [2.05, 4.69) is 5.32 Å². The predicted octanol–water partition coefficient (Wildman–Crippen LogP) is 0.746. The molecule has 0 atom stereocenters. The van der Waals surface area contributed by atoms with Crippen LogP contribution in [0.5, 0.6) is 0 Å². The number of hydrogen-bond donors (Lipinski definition) is 1. The molecule has 23 heavy (non-hydrogen) atoms. The van der Waals surface area contributed by atoms with Crippen molar-refractivity contribution in [2.75, 3.05) is 39.3 Å². The third-order valence-corrected chi connectivity index (χ3v) is 6.08. The maximum Gasteiger partial charge on any atom is 0.243 e. The van der Waals surface area contributed by atoms with Gasteiger partial charge in [0.05, 0.1) is 11.4 Å². The Labute approximate surface area is 138 Å². The van der Waals surface area contributed by atoms with Crippen LogP contribution in [0.4, 0.5) is 0 Å². The van der Waals surface area contributed by atoms with E-state index in [1.807, 2.05) is 37.8 Å². The first-order valence-corrected chi connectivity index (χ1v) is 9.35. The van der Waals surface area contributed by atoms with Crippen molar-refractivity contribution in [3.63, 3.8) is 0 Å². The van der Waals surface area contributed by atoms with Gasteiger partial charge in [0, 0.05) is 32.7 Å². The summed E-state index contributed by atoms with van der Waals surface area (Å²) in [5, 5.41) is 2.76. The molecule has 1 aliphatic rings. The monoisotopic (exact) mass is 339 g/mol.